The Hall–Kier alpha value is -2.37. The molecule has 1 N–H and O–H groups in total. The number of ether oxygens (including phenoxy) is 1. The molecule has 0 bridgehead atoms. The number of carbonyl (C=O) groups is 2. The standard InChI is InChI=1S/C10H8N2O4/c1-16-10(15)6-2-3-12-8(4-6)7(5-11-12)9(13)14/h2-5H,1H3,(H,13,14). The molecular formula is C10H8N2O4. The maximum absolute atomic E-state index is 11.3. The van der Waals surface area contributed by atoms with Crippen LogP contribution in [-0.2, 0) is 4.74 Å². The third kappa shape index (κ3) is 1.50. The van der Waals surface area contributed by atoms with Crippen LogP contribution in [-0.4, -0.2) is 33.8 Å². The molecular weight excluding hydrogens is 212 g/mol. The second kappa shape index (κ2) is 3.65. The van der Waals surface area contributed by atoms with Crippen LogP contribution in [0, 0.1) is 0 Å². The van der Waals surface area contributed by atoms with Gasteiger partial charge >= 0.3 is 11.9 Å². The van der Waals surface area contributed by atoms with Crippen molar-refractivity contribution in [1.82, 2.24) is 9.61 Å². The predicted octanol–water partition coefficient (Wildman–Crippen LogP) is 0.819. The zero-order valence-electron chi connectivity index (χ0n) is 8.38. The number of rotatable bonds is 2. The Labute approximate surface area is 90.1 Å². The van der Waals surface area contributed by atoms with Crippen molar-refractivity contribution in [2.24, 2.45) is 0 Å². The molecule has 0 saturated carbocycles. The van der Waals surface area contributed by atoms with Crippen LogP contribution >= 0.6 is 0 Å². The minimum atomic E-state index is -1.09. The quantitative estimate of drug-likeness (QED) is 0.757. The SMILES string of the molecule is COC(=O)c1ccn2ncc(C(=O)O)c2c1. The van der Waals surface area contributed by atoms with Crippen molar-refractivity contribution >= 4 is 17.5 Å². The molecule has 0 amide bonds. The van der Waals surface area contributed by atoms with Crippen molar-refractivity contribution in [2.75, 3.05) is 7.11 Å². The van der Waals surface area contributed by atoms with Crippen LogP contribution in [0.1, 0.15) is 20.7 Å². The second-order valence-electron chi connectivity index (χ2n) is 3.10. The summed E-state index contributed by atoms with van der Waals surface area (Å²) in [5.41, 5.74) is 0.694. The van der Waals surface area contributed by atoms with Crippen LogP contribution in [0.3, 0.4) is 0 Å². The van der Waals surface area contributed by atoms with E-state index >= 15 is 0 Å². The predicted molar refractivity (Wildman–Crippen MR) is 53.5 cm³/mol. The minimum Gasteiger partial charge on any atom is -0.478 e. The molecule has 2 aromatic heterocycles. The average molecular weight is 220 g/mol. The summed E-state index contributed by atoms with van der Waals surface area (Å²) in [6.45, 7) is 0. The van der Waals surface area contributed by atoms with E-state index in [0.29, 0.717) is 5.52 Å². The van der Waals surface area contributed by atoms with Gasteiger partial charge in [-0.2, -0.15) is 5.10 Å². The third-order valence-electron chi connectivity index (χ3n) is 2.17. The summed E-state index contributed by atoms with van der Waals surface area (Å²) < 4.78 is 5.93. The van der Waals surface area contributed by atoms with Crippen molar-refractivity contribution in [3.05, 3.63) is 35.7 Å². The van der Waals surface area contributed by atoms with Gasteiger partial charge < -0.3 is 9.84 Å². The Kier molecular flexibility index (Phi) is 2.32. The first-order chi connectivity index (χ1) is 7.63. The third-order valence-corrected chi connectivity index (χ3v) is 2.17. The summed E-state index contributed by atoms with van der Waals surface area (Å²) in [6.07, 6.45) is 2.74. The number of aromatic nitrogens is 2. The summed E-state index contributed by atoms with van der Waals surface area (Å²) in [4.78, 5) is 22.1. The number of pyridine rings is 1. The van der Waals surface area contributed by atoms with Gasteiger partial charge in [0.2, 0.25) is 0 Å². The maximum Gasteiger partial charge on any atom is 0.339 e. The van der Waals surface area contributed by atoms with Crippen LogP contribution in [0.2, 0.25) is 0 Å². The molecule has 0 radical (unpaired) electrons. The molecule has 0 aliphatic rings. The fraction of sp³-hybridized carbons (Fsp3) is 0.100. The molecule has 82 valence electrons. The summed E-state index contributed by atoms with van der Waals surface area (Å²) in [6, 6.07) is 2.94. The molecule has 0 spiro atoms. The zero-order valence-corrected chi connectivity index (χ0v) is 8.38. The molecule has 2 heterocycles. The van der Waals surface area contributed by atoms with Crippen molar-refractivity contribution in [3.8, 4) is 0 Å². The van der Waals surface area contributed by atoms with Crippen LogP contribution in [0.5, 0.6) is 0 Å². The number of esters is 1. The normalized spacial score (nSPS) is 10.3. The van der Waals surface area contributed by atoms with Crippen LogP contribution in [0.15, 0.2) is 24.5 Å². The van der Waals surface area contributed by atoms with Gasteiger partial charge in [-0.15, -0.1) is 0 Å². The lowest BCUT2D eigenvalue weighted by atomic mass is 10.2. The van der Waals surface area contributed by atoms with E-state index in [2.05, 4.69) is 9.84 Å². The number of methoxy groups -OCH3 is 1. The van der Waals surface area contributed by atoms with E-state index in [1.165, 1.54) is 36.2 Å². The minimum absolute atomic E-state index is 0.0470. The monoisotopic (exact) mass is 220 g/mol. The van der Waals surface area contributed by atoms with Crippen LogP contribution < -0.4 is 0 Å². The lowest BCUT2D eigenvalue weighted by Crippen LogP contribution is -2.03. The molecule has 2 aromatic rings. The fourth-order valence-electron chi connectivity index (χ4n) is 1.39. The largest absolute Gasteiger partial charge is 0.478 e. The van der Waals surface area contributed by atoms with Gasteiger partial charge in [0.15, 0.2) is 0 Å². The van der Waals surface area contributed by atoms with E-state index in [9.17, 15) is 9.59 Å². The van der Waals surface area contributed by atoms with Gasteiger partial charge in [-0.1, -0.05) is 0 Å². The number of carboxylic acid groups (broad SMARTS) is 1. The van der Waals surface area contributed by atoms with Gasteiger partial charge in [-0.05, 0) is 12.1 Å². The van der Waals surface area contributed by atoms with Crippen molar-refractivity contribution in [1.29, 1.82) is 0 Å². The van der Waals surface area contributed by atoms with Crippen molar-refractivity contribution < 1.29 is 19.4 Å². The van der Waals surface area contributed by atoms with E-state index in [0.717, 1.165) is 0 Å². The van der Waals surface area contributed by atoms with Crippen LogP contribution in [0.4, 0.5) is 0 Å². The molecule has 0 atom stereocenters. The highest BCUT2D eigenvalue weighted by Crippen LogP contribution is 2.13. The lowest BCUT2D eigenvalue weighted by Gasteiger charge is -2.00. The van der Waals surface area contributed by atoms with Gasteiger partial charge in [0.05, 0.1) is 24.4 Å². The highest BCUT2D eigenvalue weighted by atomic mass is 16.5. The molecule has 0 aliphatic heterocycles. The lowest BCUT2D eigenvalue weighted by molar-refractivity contribution is 0.0599. The van der Waals surface area contributed by atoms with E-state index in [-0.39, 0.29) is 11.1 Å². The molecule has 0 saturated heterocycles. The highest BCUT2D eigenvalue weighted by Gasteiger charge is 2.13. The summed E-state index contributed by atoms with van der Waals surface area (Å²) in [5.74, 6) is -1.60. The Balaban J connectivity index is 2.63. The number of nitrogens with zero attached hydrogens (tertiary/aromatic N) is 2. The smallest absolute Gasteiger partial charge is 0.339 e. The maximum atomic E-state index is 11.3. The number of carbonyl (C=O) groups excluding carboxylic acids is 1. The Morgan fingerprint density at radius 3 is 2.88 bits per heavy atom. The topological polar surface area (TPSA) is 80.9 Å². The van der Waals surface area contributed by atoms with E-state index in [4.69, 9.17) is 5.11 Å². The van der Waals surface area contributed by atoms with Gasteiger partial charge in [0, 0.05) is 6.20 Å². The first kappa shape index (κ1) is 10.2. The molecule has 2 rings (SSSR count). The molecule has 6 nitrogen and oxygen atoms in total. The number of carboxylic acids is 1. The summed E-state index contributed by atoms with van der Waals surface area (Å²) in [7, 11) is 1.26. The van der Waals surface area contributed by atoms with Gasteiger partial charge in [-0.3, -0.25) is 0 Å². The van der Waals surface area contributed by atoms with E-state index < -0.39 is 11.9 Å². The molecule has 0 aromatic carbocycles. The second-order valence-corrected chi connectivity index (χ2v) is 3.10. The van der Waals surface area contributed by atoms with Gasteiger partial charge in [-0.25, -0.2) is 14.1 Å². The summed E-state index contributed by atoms with van der Waals surface area (Å²) in [5, 5.41) is 12.7. The number of aromatic carboxylic acids is 1. The molecule has 16 heavy (non-hydrogen) atoms. The Morgan fingerprint density at radius 1 is 1.50 bits per heavy atom. The Morgan fingerprint density at radius 2 is 2.25 bits per heavy atom. The van der Waals surface area contributed by atoms with Gasteiger partial charge in [0.1, 0.15) is 5.56 Å². The molecule has 0 unspecified atom stereocenters. The fourth-order valence-corrected chi connectivity index (χ4v) is 1.39. The summed E-state index contributed by atoms with van der Waals surface area (Å²) >= 11 is 0. The Bertz CT molecular complexity index is 573. The van der Waals surface area contributed by atoms with Gasteiger partial charge in [0.25, 0.3) is 0 Å². The highest BCUT2D eigenvalue weighted by molar-refractivity contribution is 5.97. The van der Waals surface area contributed by atoms with E-state index in [1.807, 2.05) is 0 Å². The molecule has 6 heteroatoms. The number of hydrogen-bond acceptors (Lipinski definition) is 4. The van der Waals surface area contributed by atoms with Crippen LogP contribution in [0.25, 0.3) is 5.52 Å². The average Bonchev–Trinajstić information content (AvgIpc) is 2.70. The zero-order chi connectivity index (χ0) is 11.7. The number of fused-ring (bicyclic) bond motifs is 1. The number of hydrogen-bond donors (Lipinski definition) is 1. The first-order valence-electron chi connectivity index (χ1n) is 4.42. The van der Waals surface area contributed by atoms with E-state index in [1.54, 1.807) is 0 Å². The molecule has 0 aliphatic carbocycles. The van der Waals surface area contributed by atoms with Crippen molar-refractivity contribution in [2.45, 2.75) is 0 Å². The first-order valence-corrected chi connectivity index (χ1v) is 4.42. The molecule has 0 fully saturated rings. The van der Waals surface area contributed by atoms with Crippen molar-refractivity contribution in [3.63, 3.8) is 0 Å².